The first-order valence-corrected chi connectivity index (χ1v) is 14.9. The van der Waals surface area contributed by atoms with E-state index in [1.807, 2.05) is 18.2 Å². The van der Waals surface area contributed by atoms with Gasteiger partial charge in [0.05, 0.1) is 0 Å². The Morgan fingerprint density at radius 3 is 2.34 bits per heavy atom. The van der Waals surface area contributed by atoms with Gasteiger partial charge in [-0.15, -0.1) is 0 Å². The lowest BCUT2D eigenvalue weighted by atomic mass is 9.99. The molecule has 4 rings (SSSR count). The highest BCUT2D eigenvalue weighted by Gasteiger charge is 2.43. The van der Waals surface area contributed by atoms with E-state index < -0.39 is 52.2 Å². The van der Waals surface area contributed by atoms with Crippen molar-refractivity contribution in [1.82, 2.24) is 4.72 Å². The lowest BCUT2D eigenvalue weighted by Gasteiger charge is -2.38. The Kier molecular flexibility index (Phi) is 9.83. The third-order valence-electron chi connectivity index (χ3n) is 6.92. The SMILES string of the molecule is CCCN(CCC)c1ccc2cc(-c3ccc(/C=C(\C#N)S(=O)(=O)NC[C@H]4OC(O)[C@H](O)[C@@H](O)[C@@H]4O)o3)ccc2c1. The van der Waals surface area contributed by atoms with Gasteiger partial charge in [-0.3, -0.25) is 0 Å². The third-order valence-corrected chi connectivity index (χ3v) is 8.26. The van der Waals surface area contributed by atoms with Crippen molar-refractivity contribution in [3.05, 3.63) is 59.2 Å². The van der Waals surface area contributed by atoms with Gasteiger partial charge in [0.2, 0.25) is 0 Å². The number of anilines is 1. The molecule has 1 aliphatic rings. The molecule has 1 aromatic heterocycles. The minimum atomic E-state index is -4.38. The molecule has 11 nitrogen and oxygen atoms in total. The van der Waals surface area contributed by atoms with Crippen molar-refractivity contribution in [2.24, 2.45) is 0 Å². The number of sulfonamides is 1. The number of nitrogens with one attached hydrogen (secondary N) is 1. The van der Waals surface area contributed by atoms with Gasteiger partial charge in [0, 0.05) is 37.0 Å². The molecule has 1 fully saturated rings. The van der Waals surface area contributed by atoms with Gasteiger partial charge in [-0.2, -0.15) is 5.26 Å². The minimum Gasteiger partial charge on any atom is -0.457 e. The van der Waals surface area contributed by atoms with Gasteiger partial charge in [0.15, 0.2) is 11.2 Å². The Labute approximate surface area is 238 Å². The molecule has 0 saturated carbocycles. The fourth-order valence-corrected chi connectivity index (χ4v) is 5.68. The largest absolute Gasteiger partial charge is 0.457 e. The standard InChI is InChI=1S/C29H35N3O8S/c1-3-11-32(12-4-2)21-8-7-18-13-20(6-5-19(18)14-21)24-10-9-22(39-24)15-23(16-30)41(37,38)31-17-25-26(33)27(34)28(35)29(36)40-25/h5-10,13-15,25-29,31,33-36H,3-4,11-12,17H2,1-2H3/b23-15+/t25-,26-,27+,28-,29?/m1/s1. The summed E-state index contributed by atoms with van der Waals surface area (Å²) in [5.74, 6) is 0.624. The van der Waals surface area contributed by atoms with Crippen LogP contribution in [0.1, 0.15) is 32.4 Å². The maximum absolute atomic E-state index is 12.8. The monoisotopic (exact) mass is 585 g/mol. The number of fused-ring (bicyclic) bond motifs is 1. The smallest absolute Gasteiger partial charge is 0.250 e. The molecule has 0 spiro atoms. The normalized spacial score (nSPS) is 23.4. The number of allylic oxidation sites excluding steroid dienone is 1. The quantitative estimate of drug-likeness (QED) is 0.210. The van der Waals surface area contributed by atoms with Gasteiger partial charge >= 0.3 is 0 Å². The summed E-state index contributed by atoms with van der Waals surface area (Å²) >= 11 is 0. The Hall–Kier alpha value is -3.28. The zero-order valence-corrected chi connectivity index (χ0v) is 23.7. The van der Waals surface area contributed by atoms with Crippen LogP contribution in [-0.4, -0.2) is 79.2 Å². The molecule has 1 saturated heterocycles. The Morgan fingerprint density at radius 1 is 0.976 bits per heavy atom. The van der Waals surface area contributed by atoms with Crippen LogP contribution in [0, 0.1) is 11.3 Å². The number of hydrogen-bond acceptors (Lipinski definition) is 10. The molecule has 0 bridgehead atoms. The van der Waals surface area contributed by atoms with E-state index in [1.165, 1.54) is 5.69 Å². The van der Waals surface area contributed by atoms with Gasteiger partial charge in [-0.25, -0.2) is 13.1 Å². The zero-order valence-electron chi connectivity index (χ0n) is 22.8. The molecule has 2 aromatic carbocycles. The van der Waals surface area contributed by atoms with E-state index >= 15 is 0 Å². The maximum atomic E-state index is 12.8. The summed E-state index contributed by atoms with van der Waals surface area (Å²) in [4.78, 5) is 1.72. The van der Waals surface area contributed by atoms with E-state index in [0.29, 0.717) is 5.76 Å². The van der Waals surface area contributed by atoms with E-state index in [0.717, 1.165) is 48.3 Å². The second-order valence-electron chi connectivity index (χ2n) is 9.94. The lowest BCUT2D eigenvalue weighted by Crippen LogP contribution is -2.59. The van der Waals surface area contributed by atoms with Crippen molar-refractivity contribution < 1.29 is 38.0 Å². The first kappa shape index (κ1) is 30.7. The molecule has 0 aliphatic carbocycles. The number of nitrogens with zero attached hydrogens (tertiary/aromatic N) is 2. The van der Waals surface area contributed by atoms with Crippen LogP contribution in [-0.2, 0) is 14.8 Å². The first-order chi connectivity index (χ1) is 19.6. The van der Waals surface area contributed by atoms with Crippen molar-refractivity contribution in [2.45, 2.75) is 57.4 Å². The zero-order chi connectivity index (χ0) is 29.7. The van der Waals surface area contributed by atoms with Crippen molar-refractivity contribution in [3.63, 3.8) is 0 Å². The molecule has 12 heteroatoms. The molecule has 41 heavy (non-hydrogen) atoms. The molecule has 1 unspecified atom stereocenters. The predicted molar refractivity (Wildman–Crippen MR) is 154 cm³/mol. The summed E-state index contributed by atoms with van der Waals surface area (Å²) < 4.78 is 38.5. The number of hydrogen-bond donors (Lipinski definition) is 5. The van der Waals surface area contributed by atoms with Gasteiger partial charge in [0.1, 0.15) is 42.0 Å². The van der Waals surface area contributed by atoms with Crippen molar-refractivity contribution in [2.75, 3.05) is 24.5 Å². The van der Waals surface area contributed by atoms with Crippen molar-refractivity contribution in [1.29, 1.82) is 5.26 Å². The number of benzene rings is 2. The van der Waals surface area contributed by atoms with Crippen molar-refractivity contribution >= 4 is 32.6 Å². The summed E-state index contributed by atoms with van der Waals surface area (Å²) in [6, 6.07) is 17.1. The average Bonchev–Trinajstić information content (AvgIpc) is 3.44. The van der Waals surface area contributed by atoms with Crippen LogP contribution < -0.4 is 9.62 Å². The molecule has 0 amide bonds. The molecular weight excluding hydrogens is 550 g/mol. The van der Waals surface area contributed by atoms with E-state index in [9.17, 15) is 34.1 Å². The van der Waals surface area contributed by atoms with Gasteiger partial charge in [-0.05, 0) is 53.9 Å². The van der Waals surface area contributed by atoms with E-state index in [4.69, 9.17) is 9.15 Å². The molecule has 0 radical (unpaired) electrons. The summed E-state index contributed by atoms with van der Waals surface area (Å²) in [5.41, 5.74) is 1.96. The number of aliphatic hydroxyl groups excluding tert-OH is 4. The summed E-state index contributed by atoms with van der Waals surface area (Å²) in [5, 5.41) is 50.7. The Morgan fingerprint density at radius 2 is 1.66 bits per heavy atom. The predicted octanol–water partition coefficient (Wildman–Crippen LogP) is 2.31. The lowest BCUT2D eigenvalue weighted by molar-refractivity contribution is -0.279. The van der Waals surface area contributed by atoms with Gasteiger partial charge in [0.25, 0.3) is 10.0 Å². The maximum Gasteiger partial charge on any atom is 0.250 e. The second kappa shape index (κ2) is 13.1. The van der Waals surface area contributed by atoms with Crippen molar-refractivity contribution in [3.8, 4) is 17.4 Å². The van der Waals surface area contributed by atoms with Crippen LogP contribution in [0.15, 0.2) is 57.9 Å². The fourth-order valence-electron chi connectivity index (χ4n) is 4.75. The molecule has 5 atom stereocenters. The summed E-state index contributed by atoms with van der Waals surface area (Å²) in [6.07, 6.45) is -5.14. The molecule has 3 aromatic rings. The van der Waals surface area contributed by atoms with E-state index in [-0.39, 0.29) is 5.76 Å². The van der Waals surface area contributed by atoms with Gasteiger partial charge < -0.3 is 34.5 Å². The average molecular weight is 586 g/mol. The topological polar surface area (TPSA) is 176 Å². The molecule has 1 aliphatic heterocycles. The highest BCUT2D eigenvalue weighted by molar-refractivity contribution is 7.93. The fraction of sp³-hybridized carbons (Fsp3) is 0.414. The minimum absolute atomic E-state index is 0.134. The van der Waals surface area contributed by atoms with Gasteiger partial charge in [-0.1, -0.05) is 32.0 Å². The van der Waals surface area contributed by atoms with Crippen LogP contribution >= 0.6 is 0 Å². The van der Waals surface area contributed by atoms with Crippen LogP contribution in [0.3, 0.4) is 0 Å². The van der Waals surface area contributed by atoms with E-state index in [1.54, 1.807) is 18.2 Å². The molecule has 220 valence electrons. The van der Waals surface area contributed by atoms with Crippen LogP contribution in [0.2, 0.25) is 0 Å². The number of rotatable bonds is 11. The summed E-state index contributed by atoms with van der Waals surface area (Å²) in [6.45, 7) is 5.74. The number of nitriles is 1. The summed E-state index contributed by atoms with van der Waals surface area (Å²) in [7, 11) is -4.38. The molecule has 5 N–H and O–H groups in total. The molecular formula is C29H35N3O8S. The number of furan rings is 1. The Balaban J connectivity index is 1.49. The third kappa shape index (κ3) is 6.97. The first-order valence-electron chi connectivity index (χ1n) is 13.5. The van der Waals surface area contributed by atoms with E-state index in [2.05, 4.69) is 41.7 Å². The number of aliphatic hydroxyl groups is 4. The second-order valence-corrected chi connectivity index (χ2v) is 11.7. The molecule has 2 heterocycles. The van der Waals surface area contributed by atoms with Crippen LogP contribution in [0.5, 0.6) is 0 Å². The Bertz CT molecular complexity index is 1520. The highest BCUT2D eigenvalue weighted by atomic mass is 32.2. The van der Waals surface area contributed by atoms with Crippen LogP contribution in [0.25, 0.3) is 28.2 Å². The number of ether oxygens (including phenoxy) is 1. The highest BCUT2D eigenvalue weighted by Crippen LogP contribution is 2.30. The van der Waals surface area contributed by atoms with Crippen LogP contribution in [0.4, 0.5) is 5.69 Å².